The van der Waals surface area contributed by atoms with Crippen LogP contribution in [0, 0.1) is 0 Å². The van der Waals surface area contributed by atoms with E-state index in [0.29, 0.717) is 36.3 Å². The number of nitrogens with zero attached hydrogens (tertiary/aromatic N) is 4. The van der Waals surface area contributed by atoms with E-state index in [1.807, 2.05) is 0 Å². The third kappa shape index (κ3) is 7.54. The number of anilines is 3. The molecule has 0 unspecified atom stereocenters. The van der Waals surface area contributed by atoms with Crippen LogP contribution >= 0.6 is 0 Å². The van der Waals surface area contributed by atoms with Crippen molar-refractivity contribution in [2.75, 3.05) is 37.4 Å². The van der Waals surface area contributed by atoms with Gasteiger partial charge in [-0.2, -0.15) is 28.1 Å². The lowest BCUT2D eigenvalue weighted by Gasteiger charge is -2.17. The van der Waals surface area contributed by atoms with Gasteiger partial charge in [-0.1, -0.05) is 12.1 Å². The predicted octanol–water partition coefficient (Wildman–Crippen LogP) is 3.76. The maximum Gasteiger partial charge on any atom is 0.422 e. The number of carbonyl (C=O) groups is 2. The normalized spacial score (nSPS) is 15.1. The average molecular weight is 530 g/mol. The summed E-state index contributed by atoms with van der Waals surface area (Å²) < 4.78 is 42.8. The molecule has 7 rings (SSSR count). The van der Waals surface area contributed by atoms with Gasteiger partial charge in [-0.05, 0) is 54.8 Å². The van der Waals surface area contributed by atoms with Crippen LogP contribution < -0.4 is 20.7 Å². The monoisotopic (exact) mass is 529 g/mol. The number of hydrogen-bond acceptors (Lipinski definition) is 8. The van der Waals surface area contributed by atoms with Gasteiger partial charge in [0, 0.05) is 43.5 Å². The van der Waals surface area contributed by atoms with Gasteiger partial charge in [-0.15, -0.1) is 0 Å². The Morgan fingerprint density at radius 2 is 1.58 bits per heavy atom. The first-order valence-electron chi connectivity index (χ1n) is 11.9. The van der Waals surface area contributed by atoms with E-state index in [4.69, 9.17) is 4.74 Å². The van der Waals surface area contributed by atoms with Gasteiger partial charge in [0.2, 0.25) is 11.9 Å². The van der Waals surface area contributed by atoms with Gasteiger partial charge in [-0.3, -0.25) is 9.59 Å². The summed E-state index contributed by atoms with van der Waals surface area (Å²) in [6.45, 7) is -0.338. The Bertz CT molecular complexity index is 1270. The number of hydrogen-bond donors (Lipinski definition) is 3. The highest BCUT2D eigenvalue weighted by atomic mass is 19.4. The minimum Gasteiger partial charge on any atom is -0.454 e. The maximum atomic E-state index is 12.7. The molecular weight excluding hydrogens is 503 g/mol. The number of benzene rings is 2. The van der Waals surface area contributed by atoms with Gasteiger partial charge >= 0.3 is 12.2 Å². The molecule has 0 saturated carbocycles. The molecule has 0 radical (unpaired) electrons. The van der Waals surface area contributed by atoms with E-state index in [9.17, 15) is 22.8 Å². The molecule has 2 aromatic carbocycles. The van der Waals surface area contributed by atoms with Crippen LogP contribution in [-0.2, 0) is 6.54 Å². The molecule has 10 nitrogen and oxygen atoms in total. The van der Waals surface area contributed by atoms with E-state index < -0.39 is 18.8 Å². The molecule has 0 saturated heterocycles. The molecule has 200 valence electrons. The molecule has 38 heavy (non-hydrogen) atoms. The van der Waals surface area contributed by atoms with E-state index in [1.165, 1.54) is 0 Å². The van der Waals surface area contributed by atoms with Crippen LogP contribution in [0.15, 0.2) is 48.5 Å². The SMILES string of the molecule is CN1CCCCNC(=O)c2ccc(cc2)Nc2nc(nc(OCC(F)(F)F)n2)NCc2ccc(cc2)C1=O. The van der Waals surface area contributed by atoms with Gasteiger partial charge in [-0.25, -0.2) is 0 Å². The van der Waals surface area contributed by atoms with Crippen LogP contribution in [0.25, 0.3) is 0 Å². The largest absolute Gasteiger partial charge is 0.454 e. The van der Waals surface area contributed by atoms with E-state index in [-0.39, 0.29) is 30.3 Å². The van der Waals surface area contributed by atoms with Crippen LogP contribution in [0.1, 0.15) is 39.1 Å². The van der Waals surface area contributed by atoms with Gasteiger partial charge in [0.15, 0.2) is 6.61 Å². The summed E-state index contributed by atoms with van der Waals surface area (Å²) in [5.74, 6) is -0.450. The molecule has 13 heteroatoms. The van der Waals surface area contributed by atoms with Gasteiger partial charge in [0.05, 0.1) is 0 Å². The zero-order valence-corrected chi connectivity index (χ0v) is 20.5. The summed E-state index contributed by atoms with van der Waals surface area (Å²) in [7, 11) is 1.72. The van der Waals surface area contributed by atoms with E-state index >= 15 is 0 Å². The second-order valence-corrected chi connectivity index (χ2v) is 8.61. The predicted molar refractivity (Wildman–Crippen MR) is 133 cm³/mol. The summed E-state index contributed by atoms with van der Waals surface area (Å²) in [6.07, 6.45) is -3.14. The highest BCUT2D eigenvalue weighted by Gasteiger charge is 2.29. The van der Waals surface area contributed by atoms with E-state index in [2.05, 4.69) is 30.9 Å². The molecule has 2 amide bonds. The van der Waals surface area contributed by atoms with E-state index in [0.717, 1.165) is 12.0 Å². The third-order valence-electron chi connectivity index (χ3n) is 5.59. The number of rotatable bonds is 2. The van der Waals surface area contributed by atoms with Crippen LogP contribution in [0.4, 0.5) is 30.8 Å². The molecule has 3 N–H and O–H groups in total. The van der Waals surface area contributed by atoms with Crippen molar-refractivity contribution in [1.29, 1.82) is 0 Å². The first-order chi connectivity index (χ1) is 18.2. The fourth-order valence-corrected chi connectivity index (χ4v) is 3.58. The Labute approximate surface area is 216 Å². The molecule has 5 heterocycles. The fraction of sp³-hybridized carbons (Fsp3) is 0.320. The van der Waals surface area contributed by atoms with Crippen molar-refractivity contribution in [2.24, 2.45) is 0 Å². The smallest absolute Gasteiger partial charge is 0.422 e. The van der Waals surface area contributed by atoms with Crippen molar-refractivity contribution in [3.63, 3.8) is 0 Å². The molecular formula is C25H26F3N7O3. The third-order valence-corrected chi connectivity index (χ3v) is 5.59. The Kier molecular flexibility index (Phi) is 8.24. The van der Waals surface area contributed by atoms with Crippen molar-refractivity contribution in [3.05, 3.63) is 65.2 Å². The lowest BCUT2D eigenvalue weighted by molar-refractivity contribution is -0.154. The standard InChI is InChI=1S/C25H26F3N7O3/c1-35-13-3-2-12-29-20(36)17-8-10-19(11-9-17)31-23-32-22(33-24(34-23)38-15-25(26,27)28)30-14-16-4-6-18(7-5-16)21(35)37/h4-11H,2-3,12-15H2,1H3,(H,29,36)(H2,30,31,32,33,34). The number of nitrogens with one attached hydrogen (secondary N) is 3. The molecule has 0 spiro atoms. The summed E-state index contributed by atoms with van der Waals surface area (Å²) in [5, 5.41) is 8.68. The molecule has 3 aromatic rings. The van der Waals surface area contributed by atoms with Crippen molar-refractivity contribution in [2.45, 2.75) is 25.6 Å². The molecule has 4 aliphatic heterocycles. The minimum atomic E-state index is -4.57. The number of alkyl halides is 3. The first-order valence-corrected chi connectivity index (χ1v) is 11.9. The number of halogens is 3. The van der Waals surface area contributed by atoms with E-state index in [1.54, 1.807) is 60.5 Å². The Morgan fingerprint density at radius 3 is 2.29 bits per heavy atom. The zero-order valence-electron chi connectivity index (χ0n) is 20.5. The molecule has 0 fully saturated rings. The van der Waals surface area contributed by atoms with Crippen molar-refractivity contribution in [3.8, 4) is 6.01 Å². The summed E-state index contributed by atoms with van der Waals surface area (Å²) in [6, 6.07) is 12.8. The van der Waals surface area contributed by atoms with Crippen molar-refractivity contribution >= 4 is 29.4 Å². The number of amides is 2. The highest BCUT2D eigenvalue weighted by Crippen LogP contribution is 2.21. The second kappa shape index (κ2) is 11.8. The van der Waals surface area contributed by atoms with Gasteiger partial charge in [0.25, 0.3) is 11.8 Å². The van der Waals surface area contributed by atoms with Crippen LogP contribution in [-0.4, -0.2) is 64.6 Å². The zero-order chi connectivity index (χ0) is 27.1. The van der Waals surface area contributed by atoms with Gasteiger partial charge < -0.3 is 25.6 Å². The van der Waals surface area contributed by atoms with Crippen LogP contribution in [0.5, 0.6) is 6.01 Å². The summed E-state index contributed by atoms with van der Waals surface area (Å²) in [4.78, 5) is 38.9. The molecule has 1 aromatic heterocycles. The topological polar surface area (TPSA) is 121 Å². The highest BCUT2D eigenvalue weighted by molar-refractivity contribution is 5.95. The van der Waals surface area contributed by atoms with Crippen LogP contribution in [0.3, 0.4) is 0 Å². The lowest BCUT2D eigenvalue weighted by atomic mass is 10.1. The van der Waals surface area contributed by atoms with Gasteiger partial charge in [0.1, 0.15) is 0 Å². The maximum absolute atomic E-state index is 12.7. The molecule has 0 aliphatic carbocycles. The number of aromatic nitrogens is 3. The Morgan fingerprint density at radius 1 is 0.895 bits per heavy atom. The Balaban J connectivity index is 1.60. The summed E-state index contributed by atoms with van der Waals surface area (Å²) in [5.41, 5.74) is 2.25. The van der Waals surface area contributed by atoms with Crippen LogP contribution in [0.2, 0.25) is 0 Å². The quantitative estimate of drug-likeness (QED) is 0.459. The van der Waals surface area contributed by atoms with Crippen molar-refractivity contribution in [1.82, 2.24) is 25.2 Å². The Hall–Kier alpha value is -4.42. The molecule has 4 aliphatic rings. The number of ether oxygens (including phenoxy) is 1. The fourth-order valence-electron chi connectivity index (χ4n) is 3.58. The average Bonchev–Trinajstić information content (AvgIpc) is 2.90. The first kappa shape index (κ1) is 26.6. The minimum absolute atomic E-state index is 0.0160. The molecule has 0 atom stereocenters. The summed E-state index contributed by atoms with van der Waals surface area (Å²) >= 11 is 0. The van der Waals surface area contributed by atoms with Crippen molar-refractivity contribution < 1.29 is 27.5 Å². The lowest BCUT2D eigenvalue weighted by Crippen LogP contribution is -2.29. The molecule has 6 bridgehead atoms. The number of carbonyl (C=O) groups excluding carboxylic acids is 2. The second-order valence-electron chi connectivity index (χ2n) is 8.61.